The monoisotopic (exact) mass is 257 g/mol. The molecule has 0 unspecified atom stereocenters. The van der Waals surface area contributed by atoms with Crippen molar-refractivity contribution in [2.24, 2.45) is 0 Å². The van der Waals surface area contributed by atoms with Crippen molar-refractivity contribution < 1.29 is 26.2 Å². The third-order valence-corrected chi connectivity index (χ3v) is 3.01. The Kier molecular flexibility index (Phi) is 4.18. The molecule has 1 aromatic rings. The molecule has 0 aromatic heterocycles. The second-order valence-corrected chi connectivity index (χ2v) is 5.18. The van der Waals surface area contributed by atoms with Crippen molar-refractivity contribution in [1.82, 2.24) is 0 Å². The van der Waals surface area contributed by atoms with Crippen LogP contribution < -0.4 is 0 Å². The van der Waals surface area contributed by atoms with Gasteiger partial charge in [-0.25, -0.2) is 0 Å². The zero-order chi connectivity index (χ0) is 12.5. The standard InChI is InChI=1S/C13H17O2.Cr/c1-8(2)10-5-11(7-14)13(15)12(6-10)9(3)4;/h5-6,8-9,15H,1-4H3;. The number of phenolic OH excluding ortho intramolecular Hbond substituents is 1. The number of rotatable bonds is 3. The number of benzene rings is 1. The molecule has 1 N–H and O–H groups in total. The van der Waals surface area contributed by atoms with Crippen LogP contribution >= 0.6 is 0 Å². The SMILES string of the molecule is CC(C)c1cc([C](=O)[Cr])c(O)c(C(C)C)c1. The molecule has 0 aliphatic carbocycles. The second kappa shape index (κ2) is 5.04. The fourth-order valence-corrected chi connectivity index (χ4v) is 1.85. The summed E-state index contributed by atoms with van der Waals surface area (Å²) in [7, 11) is 0. The average Bonchev–Trinajstić information content (AvgIpc) is 2.16. The molecule has 2 nitrogen and oxygen atoms in total. The molecule has 0 saturated heterocycles. The number of phenols is 1. The average molecular weight is 257 g/mol. The van der Waals surface area contributed by atoms with Crippen LogP contribution in [0.2, 0.25) is 0 Å². The molecule has 0 spiro atoms. The van der Waals surface area contributed by atoms with Crippen molar-refractivity contribution in [3.63, 3.8) is 0 Å². The van der Waals surface area contributed by atoms with Crippen LogP contribution in [0.1, 0.15) is 61.0 Å². The maximum absolute atomic E-state index is 11.4. The van der Waals surface area contributed by atoms with Crippen molar-refractivity contribution in [3.05, 3.63) is 28.8 Å². The zero-order valence-electron chi connectivity index (χ0n) is 10.1. The first-order chi connectivity index (χ1) is 7.34. The first-order valence-corrected chi connectivity index (χ1v) is 6.06. The van der Waals surface area contributed by atoms with Gasteiger partial charge in [-0.1, -0.05) is 0 Å². The van der Waals surface area contributed by atoms with Crippen LogP contribution in [0, 0.1) is 0 Å². The minimum absolute atomic E-state index is 0.114. The van der Waals surface area contributed by atoms with Gasteiger partial charge in [-0.2, -0.15) is 0 Å². The van der Waals surface area contributed by atoms with Crippen LogP contribution in [0.25, 0.3) is 0 Å². The summed E-state index contributed by atoms with van der Waals surface area (Å²) in [4.78, 5) is 11.4. The van der Waals surface area contributed by atoms with Gasteiger partial charge in [-0.3, -0.25) is 0 Å². The van der Waals surface area contributed by atoms with E-state index in [9.17, 15) is 9.90 Å². The van der Waals surface area contributed by atoms with Crippen molar-refractivity contribution in [2.45, 2.75) is 39.5 Å². The molecule has 0 aliphatic rings. The van der Waals surface area contributed by atoms with Gasteiger partial charge in [0.1, 0.15) is 0 Å². The predicted octanol–water partition coefficient (Wildman–Crippen LogP) is 3.33. The van der Waals surface area contributed by atoms with Crippen molar-refractivity contribution >= 4 is 4.65 Å². The third-order valence-electron chi connectivity index (χ3n) is 2.67. The molecule has 0 bridgehead atoms. The zero-order valence-corrected chi connectivity index (χ0v) is 11.3. The Bertz CT molecular complexity index is 409. The normalized spacial score (nSPS) is 11.1. The second-order valence-electron chi connectivity index (χ2n) is 4.60. The van der Waals surface area contributed by atoms with Gasteiger partial charge < -0.3 is 0 Å². The molecule has 1 rings (SSSR count). The van der Waals surface area contributed by atoms with Crippen LogP contribution in [0.3, 0.4) is 0 Å². The van der Waals surface area contributed by atoms with E-state index < -0.39 is 0 Å². The van der Waals surface area contributed by atoms with E-state index in [1.165, 1.54) is 0 Å². The van der Waals surface area contributed by atoms with E-state index in [0.717, 1.165) is 11.1 Å². The number of hydrogen-bond acceptors (Lipinski definition) is 2. The first-order valence-electron chi connectivity index (χ1n) is 5.42. The Morgan fingerprint density at radius 2 is 1.75 bits per heavy atom. The van der Waals surface area contributed by atoms with Crippen molar-refractivity contribution in [1.29, 1.82) is 0 Å². The number of carbonyl (C=O) groups excluding carboxylic acids is 1. The summed E-state index contributed by atoms with van der Waals surface area (Å²) in [6.07, 6.45) is 0. The van der Waals surface area contributed by atoms with Gasteiger partial charge in [0.15, 0.2) is 0 Å². The summed E-state index contributed by atoms with van der Waals surface area (Å²) in [5.41, 5.74) is 2.31. The summed E-state index contributed by atoms with van der Waals surface area (Å²) in [5, 5.41) is 10.00. The van der Waals surface area contributed by atoms with Gasteiger partial charge in [-0.05, 0) is 0 Å². The molecule has 0 saturated carbocycles. The van der Waals surface area contributed by atoms with Crippen molar-refractivity contribution in [2.75, 3.05) is 0 Å². The van der Waals surface area contributed by atoms with Crippen LogP contribution in [0.15, 0.2) is 12.1 Å². The van der Waals surface area contributed by atoms with Crippen LogP contribution in [-0.4, -0.2) is 9.75 Å². The van der Waals surface area contributed by atoms with E-state index in [4.69, 9.17) is 0 Å². The third kappa shape index (κ3) is 2.67. The Hall–Kier alpha value is -0.778. The first kappa shape index (κ1) is 13.3. The van der Waals surface area contributed by atoms with E-state index in [0.29, 0.717) is 11.5 Å². The summed E-state index contributed by atoms with van der Waals surface area (Å²) in [5.74, 6) is 0.663. The van der Waals surface area contributed by atoms with Crippen molar-refractivity contribution in [3.8, 4) is 5.75 Å². The molecule has 0 heterocycles. The van der Waals surface area contributed by atoms with Crippen LogP contribution in [0.4, 0.5) is 0 Å². The Balaban J connectivity index is 3.45. The fourth-order valence-electron chi connectivity index (χ4n) is 1.61. The summed E-state index contributed by atoms with van der Waals surface area (Å²) in [6, 6.07) is 3.75. The molecular formula is C13H17CrO2. The molecule has 0 atom stereocenters. The summed E-state index contributed by atoms with van der Waals surface area (Å²) >= 11 is 2.43. The topological polar surface area (TPSA) is 37.3 Å². The number of carbonyl (C=O) groups is 1. The predicted molar refractivity (Wildman–Crippen MR) is 60.6 cm³/mol. The molecular weight excluding hydrogens is 240 g/mol. The molecule has 16 heavy (non-hydrogen) atoms. The van der Waals surface area contributed by atoms with Crippen LogP contribution in [0.5, 0.6) is 5.75 Å². The van der Waals surface area contributed by atoms with Gasteiger partial charge in [0.25, 0.3) is 0 Å². The molecule has 0 amide bonds. The summed E-state index contributed by atoms with van der Waals surface area (Å²) in [6.45, 7) is 8.16. The van der Waals surface area contributed by atoms with Gasteiger partial charge in [0, 0.05) is 0 Å². The maximum atomic E-state index is 11.4. The van der Waals surface area contributed by atoms with Gasteiger partial charge in [-0.15, -0.1) is 0 Å². The number of aromatic hydroxyl groups is 1. The molecule has 0 fully saturated rings. The molecule has 1 aromatic carbocycles. The van der Waals surface area contributed by atoms with Gasteiger partial charge in [0.2, 0.25) is 0 Å². The van der Waals surface area contributed by atoms with Gasteiger partial charge >= 0.3 is 105 Å². The Morgan fingerprint density at radius 3 is 2.12 bits per heavy atom. The van der Waals surface area contributed by atoms with Gasteiger partial charge in [0.05, 0.1) is 0 Å². The van der Waals surface area contributed by atoms with E-state index in [-0.39, 0.29) is 16.3 Å². The minimum atomic E-state index is -0.207. The molecule has 3 heteroatoms. The fraction of sp³-hybridized carbons (Fsp3) is 0.462. The Labute approximate surface area is 105 Å². The van der Waals surface area contributed by atoms with E-state index in [1.54, 1.807) is 6.07 Å². The van der Waals surface area contributed by atoms with E-state index in [2.05, 4.69) is 30.1 Å². The molecule has 87 valence electrons. The van der Waals surface area contributed by atoms with E-state index in [1.807, 2.05) is 19.9 Å². The quantitative estimate of drug-likeness (QED) is 0.901. The molecule has 0 aliphatic heterocycles. The molecule has 0 radical (unpaired) electrons. The Morgan fingerprint density at radius 1 is 1.19 bits per heavy atom. The number of hydrogen-bond donors (Lipinski definition) is 1. The van der Waals surface area contributed by atoms with E-state index >= 15 is 0 Å². The summed E-state index contributed by atoms with van der Waals surface area (Å²) < 4.78 is -0.207. The van der Waals surface area contributed by atoms with Crippen LogP contribution in [-0.2, 0) is 16.3 Å².